The number of nitrogens with zero attached hydrogens (tertiary/aromatic N) is 1. The summed E-state index contributed by atoms with van der Waals surface area (Å²) in [4.78, 5) is 13.5. The van der Waals surface area contributed by atoms with Crippen molar-refractivity contribution in [3.05, 3.63) is 0 Å². The molecule has 0 aromatic heterocycles. The molecule has 1 fully saturated rings. The second kappa shape index (κ2) is 6.96. The first kappa shape index (κ1) is 18.2. The van der Waals surface area contributed by atoms with E-state index in [0.717, 1.165) is 0 Å². The highest BCUT2D eigenvalue weighted by molar-refractivity contribution is 5.81. The molecule has 1 aliphatic carbocycles. The number of hydrogen-bond acceptors (Lipinski definition) is 4. The second-order valence-electron chi connectivity index (χ2n) is 5.88. The fourth-order valence-corrected chi connectivity index (χ4v) is 3.19. The number of methoxy groups -OCH3 is 1. The molecule has 2 atom stereocenters. The average molecular weight is 310 g/mol. The number of nitrogens with one attached hydrogen (secondary N) is 1. The van der Waals surface area contributed by atoms with Gasteiger partial charge in [-0.2, -0.15) is 13.2 Å². The molecule has 1 N–H and O–H groups in total. The molecule has 4 nitrogen and oxygen atoms in total. The van der Waals surface area contributed by atoms with Crippen molar-refractivity contribution in [2.45, 2.75) is 63.8 Å². The van der Waals surface area contributed by atoms with Crippen LogP contribution in [-0.4, -0.2) is 54.9 Å². The Morgan fingerprint density at radius 2 is 2.10 bits per heavy atom. The molecule has 0 aliphatic heterocycles. The van der Waals surface area contributed by atoms with Crippen LogP contribution in [0.3, 0.4) is 0 Å². The predicted molar refractivity (Wildman–Crippen MR) is 74.0 cm³/mol. The molecule has 0 saturated heterocycles. The minimum absolute atomic E-state index is 0.230. The third-order valence-corrected chi connectivity index (χ3v) is 4.07. The van der Waals surface area contributed by atoms with Crippen molar-refractivity contribution in [2.24, 2.45) is 0 Å². The summed E-state index contributed by atoms with van der Waals surface area (Å²) in [5.74, 6) is -0.387. The van der Waals surface area contributed by atoms with Crippen LogP contribution in [0.4, 0.5) is 13.2 Å². The standard InChI is InChI=1S/C14H25F3N2O2/c1-5-18-13(12(20)21-4)7-6-11(8-13)19(10(2)3)9-14(15,16)17/h10-11,18H,5-9H2,1-4H3. The number of esters is 1. The van der Waals surface area contributed by atoms with Crippen LogP contribution in [0.25, 0.3) is 0 Å². The molecule has 1 rings (SSSR count). The number of hydrogen-bond donors (Lipinski definition) is 1. The van der Waals surface area contributed by atoms with Gasteiger partial charge in [0.15, 0.2) is 0 Å². The zero-order valence-electron chi connectivity index (χ0n) is 13.1. The van der Waals surface area contributed by atoms with Gasteiger partial charge in [-0.15, -0.1) is 0 Å². The molecule has 21 heavy (non-hydrogen) atoms. The van der Waals surface area contributed by atoms with Crippen molar-refractivity contribution < 1.29 is 22.7 Å². The van der Waals surface area contributed by atoms with Gasteiger partial charge >= 0.3 is 12.1 Å². The minimum atomic E-state index is -4.24. The molecular weight excluding hydrogens is 285 g/mol. The van der Waals surface area contributed by atoms with E-state index in [1.54, 1.807) is 13.8 Å². The maximum absolute atomic E-state index is 12.7. The lowest BCUT2D eigenvalue weighted by molar-refractivity contribution is -0.156. The maximum atomic E-state index is 12.7. The lowest BCUT2D eigenvalue weighted by atomic mass is 9.97. The van der Waals surface area contributed by atoms with E-state index in [2.05, 4.69) is 5.32 Å². The minimum Gasteiger partial charge on any atom is -0.468 e. The topological polar surface area (TPSA) is 41.6 Å². The van der Waals surface area contributed by atoms with Crippen LogP contribution < -0.4 is 5.32 Å². The predicted octanol–water partition coefficient (Wildman–Crippen LogP) is 2.33. The summed E-state index contributed by atoms with van der Waals surface area (Å²) in [5.41, 5.74) is -0.854. The van der Waals surface area contributed by atoms with Crippen LogP contribution in [0.2, 0.25) is 0 Å². The molecule has 124 valence electrons. The van der Waals surface area contributed by atoms with Crippen LogP contribution in [0.15, 0.2) is 0 Å². The van der Waals surface area contributed by atoms with Crippen LogP contribution in [0.1, 0.15) is 40.0 Å². The van der Waals surface area contributed by atoms with Crippen molar-refractivity contribution >= 4 is 5.97 Å². The normalized spacial score (nSPS) is 26.6. The summed E-state index contributed by atoms with van der Waals surface area (Å²) >= 11 is 0. The fraction of sp³-hybridized carbons (Fsp3) is 0.929. The number of carbonyl (C=O) groups excluding carboxylic acids is 1. The third-order valence-electron chi connectivity index (χ3n) is 4.07. The number of alkyl halides is 3. The van der Waals surface area contributed by atoms with Crippen LogP contribution in [0.5, 0.6) is 0 Å². The van der Waals surface area contributed by atoms with Gasteiger partial charge in [-0.05, 0) is 39.7 Å². The van der Waals surface area contributed by atoms with Gasteiger partial charge in [-0.1, -0.05) is 6.92 Å². The Kier molecular flexibility index (Phi) is 6.04. The van der Waals surface area contributed by atoms with E-state index in [9.17, 15) is 18.0 Å². The lowest BCUT2D eigenvalue weighted by Gasteiger charge is -2.34. The van der Waals surface area contributed by atoms with E-state index in [-0.39, 0.29) is 18.1 Å². The molecule has 0 radical (unpaired) electrons. The summed E-state index contributed by atoms with van der Waals surface area (Å²) in [6.07, 6.45) is -2.84. The summed E-state index contributed by atoms with van der Waals surface area (Å²) in [7, 11) is 1.31. The number of carbonyl (C=O) groups is 1. The van der Waals surface area contributed by atoms with Gasteiger partial charge in [0.25, 0.3) is 0 Å². The van der Waals surface area contributed by atoms with Crippen LogP contribution in [0, 0.1) is 0 Å². The van der Waals surface area contributed by atoms with E-state index in [1.165, 1.54) is 12.0 Å². The summed E-state index contributed by atoms with van der Waals surface area (Å²) in [6.45, 7) is 4.99. The lowest BCUT2D eigenvalue weighted by Crippen LogP contribution is -2.53. The first-order valence-corrected chi connectivity index (χ1v) is 7.31. The monoisotopic (exact) mass is 310 g/mol. The van der Waals surface area contributed by atoms with E-state index in [4.69, 9.17) is 4.74 Å². The Balaban J connectivity index is 2.87. The van der Waals surface area contributed by atoms with E-state index >= 15 is 0 Å². The molecule has 0 aromatic carbocycles. The maximum Gasteiger partial charge on any atom is 0.401 e. The highest BCUT2D eigenvalue weighted by Gasteiger charge is 2.48. The average Bonchev–Trinajstić information content (AvgIpc) is 2.79. The Morgan fingerprint density at radius 3 is 2.52 bits per heavy atom. The van der Waals surface area contributed by atoms with Gasteiger partial charge in [0, 0.05) is 12.1 Å². The SMILES string of the molecule is CCNC1(C(=O)OC)CCC(N(CC(F)(F)F)C(C)C)C1. The molecular formula is C14H25F3N2O2. The first-order valence-electron chi connectivity index (χ1n) is 7.31. The molecule has 0 amide bonds. The first-order chi connectivity index (χ1) is 9.65. The summed E-state index contributed by atoms with van der Waals surface area (Å²) in [6, 6.07) is -0.503. The van der Waals surface area contributed by atoms with Gasteiger partial charge in [0.2, 0.25) is 0 Å². The Labute approximate surface area is 124 Å². The molecule has 0 aromatic rings. The highest BCUT2D eigenvalue weighted by atomic mass is 19.4. The Morgan fingerprint density at radius 1 is 1.48 bits per heavy atom. The molecule has 1 saturated carbocycles. The van der Waals surface area contributed by atoms with Gasteiger partial charge < -0.3 is 10.1 Å². The zero-order valence-corrected chi connectivity index (χ0v) is 13.1. The van der Waals surface area contributed by atoms with Crippen LogP contribution in [-0.2, 0) is 9.53 Å². The van der Waals surface area contributed by atoms with Crippen molar-refractivity contribution in [3.8, 4) is 0 Å². The Hall–Kier alpha value is -0.820. The molecule has 2 unspecified atom stereocenters. The van der Waals surface area contributed by atoms with E-state index in [0.29, 0.717) is 25.8 Å². The van der Waals surface area contributed by atoms with E-state index < -0.39 is 18.3 Å². The number of likely N-dealkylation sites (N-methyl/N-ethyl adjacent to an activating group) is 1. The highest BCUT2D eigenvalue weighted by Crippen LogP contribution is 2.36. The van der Waals surface area contributed by atoms with Gasteiger partial charge in [-0.25, -0.2) is 0 Å². The quantitative estimate of drug-likeness (QED) is 0.765. The van der Waals surface area contributed by atoms with Gasteiger partial charge in [-0.3, -0.25) is 9.69 Å². The number of ether oxygens (including phenoxy) is 1. The zero-order chi connectivity index (χ0) is 16.3. The molecule has 0 heterocycles. The summed E-state index contributed by atoms with van der Waals surface area (Å²) < 4.78 is 43.0. The Bertz CT molecular complexity index is 361. The van der Waals surface area contributed by atoms with Gasteiger partial charge in [0.05, 0.1) is 13.7 Å². The molecule has 0 bridgehead atoms. The molecule has 1 aliphatic rings. The third kappa shape index (κ3) is 4.57. The van der Waals surface area contributed by atoms with Crippen molar-refractivity contribution in [1.82, 2.24) is 10.2 Å². The molecule has 0 spiro atoms. The fourth-order valence-electron chi connectivity index (χ4n) is 3.19. The number of rotatable bonds is 6. The number of halogens is 3. The second-order valence-corrected chi connectivity index (χ2v) is 5.88. The van der Waals surface area contributed by atoms with Crippen LogP contribution >= 0.6 is 0 Å². The van der Waals surface area contributed by atoms with Crippen molar-refractivity contribution in [2.75, 3.05) is 20.2 Å². The largest absolute Gasteiger partial charge is 0.468 e. The van der Waals surface area contributed by atoms with Gasteiger partial charge in [0.1, 0.15) is 5.54 Å². The molecule has 7 heteroatoms. The smallest absolute Gasteiger partial charge is 0.401 e. The summed E-state index contributed by atoms with van der Waals surface area (Å²) in [5, 5.41) is 3.11. The van der Waals surface area contributed by atoms with Crippen molar-refractivity contribution in [1.29, 1.82) is 0 Å². The van der Waals surface area contributed by atoms with E-state index in [1.807, 2.05) is 6.92 Å². The van der Waals surface area contributed by atoms with Crippen molar-refractivity contribution in [3.63, 3.8) is 0 Å².